The Morgan fingerprint density at radius 1 is 1.27 bits per heavy atom. The molecule has 2 aromatic heterocycles. The van der Waals surface area contributed by atoms with Gasteiger partial charge >= 0.3 is 0 Å². The number of hydrogen-bond acceptors (Lipinski definition) is 3. The summed E-state index contributed by atoms with van der Waals surface area (Å²) in [6, 6.07) is 9.97. The van der Waals surface area contributed by atoms with Crippen molar-refractivity contribution in [1.82, 2.24) is 15.2 Å². The van der Waals surface area contributed by atoms with Crippen LogP contribution in [0, 0.1) is 6.92 Å². The first-order chi connectivity index (χ1) is 12.6. The Labute approximate surface area is 156 Å². The van der Waals surface area contributed by atoms with Gasteiger partial charge in [0.25, 0.3) is 5.91 Å². The average molecular weight is 367 g/mol. The van der Waals surface area contributed by atoms with E-state index in [4.69, 9.17) is 0 Å². The predicted molar refractivity (Wildman–Crippen MR) is 103 cm³/mol. The monoisotopic (exact) mass is 367 g/mol. The van der Waals surface area contributed by atoms with Crippen molar-refractivity contribution in [3.8, 4) is 0 Å². The molecule has 0 unspecified atom stereocenters. The molecule has 2 amide bonds. The summed E-state index contributed by atoms with van der Waals surface area (Å²) in [5.74, 6) is -0.0835. The van der Waals surface area contributed by atoms with Crippen molar-refractivity contribution in [3.63, 3.8) is 0 Å². The predicted octanol–water partition coefficient (Wildman–Crippen LogP) is 3.24. The number of rotatable bonds is 4. The number of nitrogens with zero attached hydrogens (tertiary/aromatic N) is 1. The average Bonchev–Trinajstić information content (AvgIpc) is 3.26. The third-order valence-electron chi connectivity index (χ3n) is 4.81. The van der Waals surface area contributed by atoms with Gasteiger partial charge in [0.05, 0.1) is 0 Å². The molecule has 1 aliphatic rings. The largest absolute Gasteiger partial charge is 0.351 e. The first-order valence-corrected chi connectivity index (χ1v) is 9.69. The van der Waals surface area contributed by atoms with E-state index in [1.807, 2.05) is 36.1 Å². The molecule has 0 atom stereocenters. The summed E-state index contributed by atoms with van der Waals surface area (Å²) in [4.78, 5) is 31.1. The van der Waals surface area contributed by atoms with Crippen LogP contribution in [0.5, 0.6) is 0 Å². The Morgan fingerprint density at radius 2 is 2.15 bits per heavy atom. The first-order valence-electron chi connectivity index (χ1n) is 8.81. The number of aryl methyl sites for hydroxylation is 1. The minimum absolute atomic E-state index is 0.0921. The number of nitrogens with one attached hydrogen (secondary N) is 2. The lowest BCUT2D eigenvalue weighted by Gasteiger charge is -2.27. The number of aromatic amines is 1. The second-order valence-corrected chi connectivity index (χ2v) is 7.71. The van der Waals surface area contributed by atoms with Gasteiger partial charge in [0, 0.05) is 41.8 Å². The lowest BCUT2D eigenvalue weighted by Crippen LogP contribution is -2.37. The Balaban J connectivity index is 1.31. The molecule has 0 aliphatic carbocycles. The highest BCUT2D eigenvalue weighted by molar-refractivity contribution is 7.10. The maximum absolute atomic E-state index is 12.4. The van der Waals surface area contributed by atoms with E-state index >= 15 is 0 Å². The van der Waals surface area contributed by atoms with Gasteiger partial charge in [-0.3, -0.25) is 9.59 Å². The van der Waals surface area contributed by atoms with Crippen LogP contribution in [0.15, 0.2) is 35.7 Å². The normalized spacial score (nSPS) is 13.7. The highest BCUT2D eigenvalue weighted by Gasteiger charge is 2.21. The van der Waals surface area contributed by atoms with Crippen LogP contribution in [0.4, 0.5) is 0 Å². The summed E-state index contributed by atoms with van der Waals surface area (Å²) in [5.41, 5.74) is 3.88. The molecule has 0 radical (unpaired) electrons. The molecule has 0 saturated carbocycles. The zero-order chi connectivity index (χ0) is 18.1. The smallest absolute Gasteiger partial charge is 0.267 e. The number of H-pyrrole nitrogens is 1. The molecule has 1 aliphatic heterocycles. The fourth-order valence-corrected chi connectivity index (χ4v) is 4.25. The van der Waals surface area contributed by atoms with Crippen molar-refractivity contribution in [1.29, 1.82) is 0 Å². The molecule has 0 fully saturated rings. The number of benzene rings is 1. The van der Waals surface area contributed by atoms with E-state index in [0.29, 0.717) is 25.2 Å². The molecule has 134 valence electrons. The van der Waals surface area contributed by atoms with Crippen molar-refractivity contribution in [2.75, 3.05) is 13.1 Å². The van der Waals surface area contributed by atoms with Gasteiger partial charge in [-0.2, -0.15) is 0 Å². The number of fused-ring (bicyclic) bond motifs is 2. The first kappa shape index (κ1) is 16.8. The van der Waals surface area contributed by atoms with Gasteiger partial charge in [-0.25, -0.2) is 0 Å². The summed E-state index contributed by atoms with van der Waals surface area (Å²) in [7, 11) is 0. The highest BCUT2D eigenvalue weighted by Crippen LogP contribution is 2.24. The van der Waals surface area contributed by atoms with Gasteiger partial charge in [0.2, 0.25) is 5.91 Å². The quantitative estimate of drug-likeness (QED) is 0.743. The molecule has 5 nitrogen and oxygen atoms in total. The molecule has 1 aromatic carbocycles. The summed E-state index contributed by atoms with van der Waals surface area (Å²) in [5, 5.41) is 5.94. The van der Waals surface area contributed by atoms with Crippen LogP contribution in [0.25, 0.3) is 10.9 Å². The standard InChI is InChI=1S/C20H21N3O2S/c1-13-2-3-14-11-17(22-16(14)10-13)20(25)21-7-4-19(24)23-8-5-18-15(12-23)6-9-26-18/h2-3,6,9-11,22H,4-5,7-8,12H2,1H3,(H,21,25). The fraction of sp³-hybridized carbons (Fsp3) is 0.300. The topological polar surface area (TPSA) is 65.2 Å². The number of carbonyl (C=O) groups excluding carboxylic acids is 2. The molecule has 0 spiro atoms. The van der Waals surface area contributed by atoms with Crippen LogP contribution in [0.3, 0.4) is 0 Å². The number of amides is 2. The van der Waals surface area contributed by atoms with Crippen LogP contribution in [0.2, 0.25) is 0 Å². The van der Waals surface area contributed by atoms with Crippen molar-refractivity contribution >= 4 is 34.1 Å². The Hall–Kier alpha value is -2.60. The van der Waals surface area contributed by atoms with E-state index in [-0.39, 0.29) is 11.8 Å². The number of carbonyl (C=O) groups is 2. The van der Waals surface area contributed by atoms with Crippen molar-refractivity contribution in [2.45, 2.75) is 26.3 Å². The van der Waals surface area contributed by atoms with Crippen LogP contribution >= 0.6 is 11.3 Å². The van der Waals surface area contributed by atoms with Gasteiger partial charge in [0.1, 0.15) is 5.69 Å². The minimum Gasteiger partial charge on any atom is -0.351 e. The molecule has 0 bridgehead atoms. The number of thiophene rings is 1. The summed E-state index contributed by atoms with van der Waals surface area (Å²) in [6.07, 6.45) is 1.25. The fourth-order valence-electron chi connectivity index (χ4n) is 3.36. The van der Waals surface area contributed by atoms with E-state index in [0.717, 1.165) is 29.4 Å². The minimum atomic E-state index is -0.176. The molecular weight excluding hydrogens is 346 g/mol. The van der Waals surface area contributed by atoms with Crippen LogP contribution in [-0.2, 0) is 17.8 Å². The third-order valence-corrected chi connectivity index (χ3v) is 5.83. The van der Waals surface area contributed by atoms with E-state index in [1.54, 1.807) is 11.3 Å². The molecule has 3 heterocycles. The zero-order valence-electron chi connectivity index (χ0n) is 14.7. The Kier molecular flexibility index (Phi) is 4.51. The molecule has 26 heavy (non-hydrogen) atoms. The molecule has 2 N–H and O–H groups in total. The number of aromatic nitrogens is 1. The van der Waals surface area contributed by atoms with Crippen molar-refractivity contribution < 1.29 is 9.59 Å². The van der Waals surface area contributed by atoms with E-state index in [9.17, 15) is 9.59 Å². The summed E-state index contributed by atoms with van der Waals surface area (Å²) >= 11 is 1.76. The molecule has 0 saturated heterocycles. The third kappa shape index (κ3) is 3.37. The van der Waals surface area contributed by atoms with Gasteiger partial charge in [-0.15, -0.1) is 11.3 Å². The highest BCUT2D eigenvalue weighted by atomic mass is 32.1. The molecule has 6 heteroatoms. The lowest BCUT2D eigenvalue weighted by molar-refractivity contribution is -0.131. The Bertz CT molecular complexity index is 973. The van der Waals surface area contributed by atoms with E-state index < -0.39 is 0 Å². The van der Waals surface area contributed by atoms with Crippen LogP contribution < -0.4 is 5.32 Å². The molecule has 3 aromatic rings. The molecule has 4 rings (SSSR count). The van der Waals surface area contributed by atoms with Gasteiger partial charge in [0.15, 0.2) is 0 Å². The maximum Gasteiger partial charge on any atom is 0.267 e. The SMILES string of the molecule is Cc1ccc2cc(C(=O)NCCC(=O)N3CCc4sccc4C3)[nH]c2c1. The summed E-state index contributed by atoms with van der Waals surface area (Å²) in [6.45, 7) is 3.82. The van der Waals surface area contributed by atoms with E-state index in [1.165, 1.54) is 10.4 Å². The van der Waals surface area contributed by atoms with Crippen LogP contribution in [0.1, 0.15) is 32.9 Å². The zero-order valence-corrected chi connectivity index (χ0v) is 15.5. The summed E-state index contributed by atoms with van der Waals surface area (Å²) < 4.78 is 0. The second-order valence-electron chi connectivity index (χ2n) is 6.71. The van der Waals surface area contributed by atoms with Gasteiger partial charge < -0.3 is 15.2 Å². The van der Waals surface area contributed by atoms with Gasteiger partial charge in [-0.1, -0.05) is 12.1 Å². The maximum atomic E-state index is 12.4. The lowest BCUT2D eigenvalue weighted by atomic mass is 10.1. The number of hydrogen-bond donors (Lipinski definition) is 2. The van der Waals surface area contributed by atoms with E-state index in [2.05, 4.69) is 21.7 Å². The van der Waals surface area contributed by atoms with Gasteiger partial charge in [-0.05, 0) is 48.1 Å². The van der Waals surface area contributed by atoms with Crippen molar-refractivity contribution in [2.24, 2.45) is 0 Å². The van der Waals surface area contributed by atoms with Crippen LogP contribution in [-0.4, -0.2) is 34.8 Å². The molecular formula is C20H21N3O2S. The Morgan fingerprint density at radius 3 is 3.04 bits per heavy atom. The van der Waals surface area contributed by atoms with Crippen molar-refractivity contribution in [3.05, 3.63) is 57.4 Å². The second kappa shape index (κ2) is 6.96.